The van der Waals surface area contributed by atoms with Gasteiger partial charge >= 0.3 is 27.6 Å². The second-order valence-electron chi connectivity index (χ2n) is 17.5. The summed E-state index contributed by atoms with van der Waals surface area (Å²) < 4.78 is 51.8. The van der Waals surface area contributed by atoms with Gasteiger partial charge in [-0.15, -0.1) is 0 Å². The number of hydrogen-bond donors (Lipinski definition) is 10. The maximum Gasteiger partial charge on any atom is 0.472 e. The Bertz CT molecular complexity index is 1540. The van der Waals surface area contributed by atoms with Gasteiger partial charge in [0.05, 0.1) is 43.5 Å². The Kier molecular flexibility index (Phi) is 30.0. The van der Waals surface area contributed by atoms with Crippen LogP contribution < -0.4 is 0 Å². The Morgan fingerprint density at radius 1 is 0.833 bits per heavy atom. The summed E-state index contributed by atoms with van der Waals surface area (Å²) in [6, 6.07) is 0. The van der Waals surface area contributed by atoms with Gasteiger partial charge in [0.25, 0.3) is 0 Å². The number of allylic oxidation sites excluding steroid dienone is 3. The van der Waals surface area contributed by atoms with Crippen molar-refractivity contribution in [1.82, 2.24) is 0 Å². The van der Waals surface area contributed by atoms with E-state index in [2.05, 4.69) is 19.1 Å². The minimum absolute atomic E-state index is 0.0433. The average Bonchev–Trinajstić information content (AvgIpc) is 3.25. The molecule has 0 aromatic rings. The highest BCUT2D eigenvalue weighted by Gasteiger charge is 2.51. The van der Waals surface area contributed by atoms with Crippen LogP contribution in [0.3, 0.4) is 0 Å². The molecule has 1 fully saturated rings. The Hall–Kier alpha value is -1.90. The van der Waals surface area contributed by atoms with E-state index in [9.17, 15) is 69.1 Å². The molecule has 1 aliphatic carbocycles. The Labute approximate surface area is 390 Å². The fourth-order valence-electron chi connectivity index (χ4n) is 7.93. The fraction of sp³-hybridized carbons (Fsp3) is 0.822. The lowest BCUT2D eigenvalue weighted by Crippen LogP contribution is -2.56. The van der Waals surface area contributed by atoms with Gasteiger partial charge in [0.15, 0.2) is 6.10 Å². The normalized spacial score (nSPS) is 32.1. The lowest BCUT2D eigenvalue weighted by Gasteiger charge is -2.38. The Morgan fingerprint density at radius 3 is 2.08 bits per heavy atom. The highest BCUT2D eigenvalue weighted by atomic mass is 31.2. The molecule has 2 bridgehead atoms. The minimum Gasteiger partial charge on any atom is -0.462 e. The van der Waals surface area contributed by atoms with Crippen molar-refractivity contribution >= 4 is 27.6 Å². The van der Waals surface area contributed by atoms with Crippen LogP contribution in [0.1, 0.15) is 149 Å². The zero-order valence-corrected chi connectivity index (χ0v) is 40.5. The predicted octanol–water partition coefficient (Wildman–Crippen LogP) is 5.11. The molecule has 1 heterocycles. The molecule has 0 aromatic heterocycles. The van der Waals surface area contributed by atoms with Gasteiger partial charge < -0.3 is 59.9 Å². The molecule has 21 heteroatoms. The van der Waals surface area contributed by atoms with Crippen molar-refractivity contribution in [2.75, 3.05) is 13.2 Å². The number of aliphatic hydroxyl groups excluding tert-OH is 7. The summed E-state index contributed by atoms with van der Waals surface area (Å²) in [6.07, 6.45) is 3.20. The topological polar surface area (TPSA) is 317 Å². The number of rotatable bonds is 25. The zero-order valence-electron chi connectivity index (χ0n) is 38.7. The number of phosphoric ester groups is 2. The first-order chi connectivity index (χ1) is 31.3. The van der Waals surface area contributed by atoms with E-state index in [1.54, 1.807) is 0 Å². The van der Waals surface area contributed by atoms with Crippen LogP contribution in [-0.4, -0.2) is 137 Å². The highest BCUT2D eigenvalue weighted by molar-refractivity contribution is 7.47. The lowest BCUT2D eigenvalue weighted by molar-refractivity contribution is -0.165. The van der Waals surface area contributed by atoms with E-state index in [0.29, 0.717) is 12.8 Å². The van der Waals surface area contributed by atoms with Crippen molar-refractivity contribution in [3.8, 4) is 0 Å². The van der Waals surface area contributed by atoms with Crippen molar-refractivity contribution in [2.45, 2.75) is 210 Å². The number of aliphatic hydroxyl groups is 7. The molecule has 1 unspecified atom stereocenters. The number of carbonyl (C=O) groups is 2. The molecule has 2 aliphatic rings. The van der Waals surface area contributed by atoms with E-state index < -0.39 is 127 Å². The number of unbranched alkanes of at least 4 members (excludes halogenated alkanes) is 13. The van der Waals surface area contributed by atoms with E-state index in [-0.39, 0.29) is 19.3 Å². The quantitative estimate of drug-likeness (QED) is 0.0246. The summed E-state index contributed by atoms with van der Waals surface area (Å²) in [5.74, 6) is -4.73. The molecule has 1 saturated carbocycles. The van der Waals surface area contributed by atoms with Crippen LogP contribution in [0, 0.1) is 11.8 Å². The van der Waals surface area contributed by atoms with Gasteiger partial charge in [-0.05, 0) is 44.9 Å². The molecular weight excluding hydrogens is 906 g/mol. The third kappa shape index (κ3) is 24.6. The molecule has 0 amide bonds. The van der Waals surface area contributed by atoms with Crippen molar-refractivity contribution in [3.05, 3.63) is 36.5 Å². The second kappa shape index (κ2) is 32.8. The summed E-state index contributed by atoms with van der Waals surface area (Å²) >= 11 is 0. The molecule has 10 N–H and O–H groups in total. The van der Waals surface area contributed by atoms with Crippen molar-refractivity contribution in [3.63, 3.8) is 0 Å². The SMILES string of the molecule is CCCCCC/C=C\CCCCCCCCCC(=O)OC[C@@H]1COP(=O)(O)O[C@H]2[C@H](O)[C@@H](O)[C@H](O)[C@H](C/C=C\CC(=O)O1)[C@@H](O)C[C@@H](O)[C@H](/C=C\[C@H](O)CCCCC)[C@@H](O)[C@H]2OP(=O)(O)O. The van der Waals surface area contributed by atoms with E-state index in [4.69, 9.17) is 23.0 Å². The van der Waals surface area contributed by atoms with Gasteiger partial charge in [0, 0.05) is 24.7 Å². The van der Waals surface area contributed by atoms with Gasteiger partial charge in [-0.2, -0.15) is 0 Å². The molecule has 19 nitrogen and oxygen atoms in total. The molecule has 384 valence electrons. The van der Waals surface area contributed by atoms with E-state index >= 15 is 0 Å². The Morgan fingerprint density at radius 2 is 1.44 bits per heavy atom. The number of cyclic esters (lactones) is 1. The largest absolute Gasteiger partial charge is 0.472 e. The van der Waals surface area contributed by atoms with Gasteiger partial charge in [-0.1, -0.05) is 121 Å². The molecule has 13 atom stereocenters. The standard InChI is InChI=1S/C45H80O19P2/c1-3-5-7-8-9-10-11-12-13-14-15-16-17-18-20-25-38(49)60-30-33-31-61-66(58,59)64-45-43(54)42(53)40(51)34(24-21-22-26-39(50)62-33)36(47)29-37(48)35(28-27-32(46)23-19-6-4-2)41(52)44(45)63-65(55,56)57/h10-11,21-22,27-28,32-37,40-48,51-54H,3-9,12-20,23-26,29-31H2,1-2H3,(H,58,59)(H2,55,56,57)/b11-10-,22-21-,28-27-/t32-,33-,34-,35+,36+,37-,40-,41-,42+,43-,44-,45+/m1/s1. The third-order valence-corrected chi connectivity index (χ3v) is 13.3. The van der Waals surface area contributed by atoms with Crippen LogP contribution in [0.15, 0.2) is 36.5 Å². The first kappa shape index (κ1) is 60.2. The van der Waals surface area contributed by atoms with Gasteiger partial charge in [-0.3, -0.25) is 23.2 Å². The zero-order chi connectivity index (χ0) is 49.1. The maximum absolute atomic E-state index is 13.6. The van der Waals surface area contributed by atoms with Crippen LogP contribution in [-0.2, 0) is 41.8 Å². The molecule has 1 aliphatic heterocycles. The average molecular weight is 987 g/mol. The fourth-order valence-corrected chi connectivity index (χ4v) is 9.46. The number of fused-ring (bicyclic) bond motifs is 4. The van der Waals surface area contributed by atoms with Crippen LogP contribution in [0.25, 0.3) is 0 Å². The molecule has 0 saturated heterocycles. The van der Waals surface area contributed by atoms with Crippen molar-refractivity contribution in [1.29, 1.82) is 0 Å². The summed E-state index contributed by atoms with van der Waals surface area (Å²) in [4.78, 5) is 56.4. The third-order valence-electron chi connectivity index (χ3n) is 11.8. The maximum atomic E-state index is 13.6. The molecule has 2 rings (SSSR count). The smallest absolute Gasteiger partial charge is 0.462 e. The number of carbonyl (C=O) groups excluding carboxylic acids is 2. The number of phosphoric acid groups is 2. The molecule has 66 heavy (non-hydrogen) atoms. The summed E-state index contributed by atoms with van der Waals surface area (Å²) in [5, 5.41) is 79.2. The first-order valence-corrected chi connectivity index (χ1v) is 26.8. The van der Waals surface area contributed by atoms with Gasteiger partial charge in [-0.25, -0.2) is 9.13 Å². The highest BCUT2D eigenvalue weighted by Crippen LogP contribution is 2.50. The monoisotopic (exact) mass is 986 g/mol. The number of esters is 2. The van der Waals surface area contributed by atoms with E-state index in [1.165, 1.54) is 43.9 Å². The van der Waals surface area contributed by atoms with Crippen molar-refractivity contribution in [2.24, 2.45) is 11.8 Å². The number of ether oxygens (including phenoxy) is 2. The minimum atomic E-state index is -5.76. The van der Waals surface area contributed by atoms with Gasteiger partial charge in [0.1, 0.15) is 31.0 Å². The van der Waals surface area contributed by atoms with Gasteiger partial charge in [0.2, 0.25) is 0 Å². The summed E-state index contributed by atoms with van der Waals surface area (Å²) in [5.41, 5.74) is 0. The first-order valence-electron chi connectivity index (χ1n) is 23.8. The summed E-state index contributed by atoms with van der Waals surface area (Å²) in [7, 11) is -11.4. The second-order valence-corrected chi connectivity index (χ2v) is 20.1. The van der Waals surface area contributed by atoms with Crippen LogP contribution in [0.2, 0.25) is 0 Å². The lowest BCUT2D eigenvalue weighted by atomic mass is 9.83. The molecule has 0 radical (unpaired) electrons. The number of hydrogen-bond acceptors (Lipinski definition) is 16. The van der Waals surface area contributed by atoms with Crippen molar-refractivity contribution < 1.29 is 92.2 Å². The van der Waals surface area contributed by atoms with E-state index in [0.717, 1.165) is 70.3 Å². The predicted molar refractivity (Wildman–Crippen MR) is 243 cm³/mol. The van der Waals surface area contributed by atoms with E-state index in [1.807, 2.05) is 6.92 Å². The van der Waals surface area contributed by atoms with Crippen LogP contribution in [0.4, 0.5) is 0 Å². The van der Waals surface area contributed by atoms with Crippen LogP contribution >= 0.6 is 15.6 Å². The molecular formula is C45H80O19P2. The molecule has 0 spiro atoms. The molecule has 0 aromatic carbocycles. The van der Waals surface area contributed by atoms with Crippen LogP contribution in [0.5, 0.6) is 0 Å². The Balaban J connectivity index is 2.27. The summed E-state index contributed by atoms with van der Waals surface area (Å²) in [6.45, 7) is 2.53.